The van der Waals surface area contributed by atoms with Crippen LogP contribution in [-0.2, 0) is 15.7 Å². The van der Waals surface area contributed by atoms with Crippen molar-refractivity contribution in [2.45, 2.75) is 49.9 Å². The second-order valence-electron chi connectivity index (χ2n) is 8.93. The molecule has 2 atom stereocenters. The lowest BCUT2D eigenvalue weighted by Gasteiger charge is -2.32. The van der Waals surface area contributed by atoms with Gasteiger partial charge in [0, 0.05) is 37.8 Å². The molecule has 0 saturated carbocycles. The van der Waals surface area contributed by atoms with E-state index in [9.17, 15) is 26.7 Å². The minimum absolute atomic E-state index is 0.0148. The van der Waals surface area contributed by atoms with Gasteiger partial charge in [-0.2, -0.15) is 26.9 Å². The molecule has 3 aliphatic heterocycles. The van der Waals surface area contributed by atoms with Crippen molar-refractivity contribution in [1.82, 2.24) is 19.9 Å². The standard InChI is InChI=1S/C22H23F5N6O2/c23-19(24)20(34)32-5-2-12(3-6-32)16-9-18(30-17-7-13(1-4-28-17)22(25,26)27)31-21(29-16)33-10-15-8-14(33)11-35-15/h1,4,7,9,12,14-15,19H,2-3,5-6,8,10-11H2,(H,28,29,30,31). The molecule has 13 heteroatoms. The number of pyridine rings is 1. The molecule has 5 rings (SSSR count). The highest BCUT2D eigenvalue weighted by Crippen LogP contribution is 2.35. The molecule has 1 N–H and O–H groups in total. The predicted octanol–water partition coefficient (Wildman–Crippen LogP) is 3.58. The summed E-state index contributed by atoms with van der Waals surface area (Å²) in [7, 11) is 0. The highest BCUT2D eigenvalue weighted by molar-refractivity contribution is 5.79. The molecular formula is C22H23F5N6O2. The van der Waals surface area contributed by atoms with Gasteiger partial charge in [-0.3, -0.25) is 4.79 Å². The van der Waals surface area contributed by atoms with Crippen LogP contribution in [0.4, 0.5) is 39.5 Å². The van der Waals surface area contributed by atoms with Crippen molar-refractivity contribution >= 4 is 23.5 Å². The zero-order valence-electron chi connectivity index (χ0n) is 18.5. The fourth-order valence-corrected chi connectivity index (χ4v) is 4.84. The molecule has 2 bridgehead atoms. The van der Waals surface area contributed by atoms with E-state index in [2.05, 4.69) is 15.3 Å². The number of morpholine rings is 1. The average molecular weight is 498 g/mol. The van der Waals surface area contributed by atoms with Gasteiger partial charge in [0.05, 0.1) is 30.0 Å². The number of aromatic nitrogens is 3. The lowest BCUT2D eigenvalue weighted by Crippen LogP contribution is -2.41. The fraction of sp³-hybridized carbons (Fsp3) is 0.545. The summed E-state index contributed by atoms with van der Waals surface area (Å²) in [6, 6.07) is 3.55. The number of nitrogens with one attached hydrogen (secondary N) is 1. The molecule has 1 amide bonds. The van der Waals surface area contributed by atoms with E-state index in [0.717, 1.165) is 29.7 Å². The minimum Gasteiger partial charge on any atom is -0.374 e. The Morgan fingerprint density at radius 2 is 1.91 bits per heavy atom. The van der Waals surface area contributed by atoms with Gasteiger partial charge in [-0.1, -0.05) is 0 Å². The summed E-state index contributed by atoms with van der Waals surface area (Å²) in [6.07, 6.45) is -4.69. The zero-order chi connectivity index (χ0) is 24.7. The predicted molar refractivity (Wildman–Crippen MR) is 115 cm³/mol. The Bertz CT molecular complexity index is 1090. The SMILES string of the molecule is O=C(C(F)F)N1CCC(c2cc(Nc3cc(C(F)(F)F)ccn3)nc(N3CC4CC3CO4)n2)CC1. The third-order valence-electron chi connectivity index (χ3n) is 6.65. The molecule has 0 radical (unpaired) electrons. The van der Waals surface area contributed by atoms with Gasteiger partial charge in [-0.15, -0.1) is 0 Å². The van der Waals surface area contributed by atoms with Gasteiger partial charge < -0.3 is 19.9 Å². The van der Waals surface area contributed by atoms with E-state index in [-0.39, 0.29) is 42.8 Å². The zero-order valence-corrected chi connectivity index (χ0v) is 18.5. The van der Waals surface area contributed by atoms with Crippen molar-refractivity contribution in [2.75, 3.05) is 36.5 Å². The van der Waals surface area contributed by atoms with E-state index >= 15 is 0 Å². The normalized spacial score (nSPS) is 22.8. The summed E-state index contributed by atoms with van der Waals surface area (Å²) < 4.78 is 70.6. The number of halogens is 5. The molecule has 3 aliphatic rings. The molecule has 2 aromatic rings. The van der Waals surface area contributed by atoms with Crippen LogP contribution in [0.2, 0.25) is 0 Å². The van der Waals surface area contributed by atoms with E-state index in [1.807, 2.05) is 4.90 Å². The maximum absolute atomic E-state index is 13.1. The number of piperidine rings is 1. The summed E-state index contributed by atoms with van der Waals surface area (Å²) in [5, 5.41) is 2.86. The number of carbonyl (C=O) groups excluding carboxylic acids is 1. The molecule has 3 fully saturated rings. The van der Waals surface area contributed by atoms with Crippen LogP contribution in [-0.4, -0.2) is 70.6 Å². The molecule has 2 aromatic heterocycles. The number of hydrogen-bond donors (Lipinski definition) is 1. The van der Waals surface area contributed by atoms with Crippen LogP contribution < -0.4 is 10.2 Å². The van der Waals surface area contributed by atoms with Gasteiger partial charge in [-0.25, -0.2) is 9.97 Å². The molecule has 35 heavy (non-hydrogen) atoms. The maximum Gasteiger partial charge on any atom is 0.416 e. The van der Waals surface area contributed by atoms with Crippen LogP contribution in [0, 0.1) is 0 Å². The topological polar surface area (TPSA) is 83.5 Å². The first-order valence-electron chi connectivity index (χ1n) is 11.3. The summed E-state index contributed by atoms with van der Waals surface area (Å²) in [6.45, 7) is 1.50. The van der Waals surface area contributed by atoms with Gasteiger partial charge >= 0.3 is 12.6 Å². The van der Waals surface area contributed by atoms with Crippen molar-refractivity contribution < 1.29 is 31.5 Å². The smallest absolute Gasteiger partial charge is 0.374 e. The monoisotopic (exact) mass is 498 g/mol. The fourth-order valence-electron chi connectivity index (χ4n) is 4.84. The van der Waals surface area contributed by atoms with E-state index in [0.29, 0.717) is 37.6 Å². The first-order chi connectivity index (χ1) is 16.7. The third kappa shape index (κ3) is 5.00. The van der Waals surface area contributed by atoms with E-state index in [1.54, 1.807) is 6.07 Å². The number of carbonyl (C=O) groups is 1. The molecule has 0 aliphatic carbocycles. The Balaban J connectivity index is 1.41. The Morgan fingerprint density at radius 3 is 2.54 bits per heavy atom. The van der Waals surface area contributed by atoms with Gasteiger partial charge in [0.2, 0.25) is 5.95 Å². The molecule has 188 valence electrons. The van der Waals surface area contributed by atoms with E-state index in [4.69, 9.17) is 9.72 Å². The first-order valence-corrected chi connectivity index (χ1v) is 11.3. The number of hydrogen-bond acceptors (Lipinski definition) is 7. The van der Waals surface area contributed by atoms with Crippen molar-refractivity contribution in [3.8, 4) is 0 Å². The maximum atomic E-state index is 13.1. The van der Waals surface area contributed by atoms with E-state index < -0.39 is 24.1 Å². The summed E-state index contributed by atoms with van der Waals surface area (Å²) >= 11 is 0. The largest absolute Gasteiger partial charge is 0.416 e. The Kier molecular flexibility index (Phi) is 6.20. The summed E-state index contributed by atoms with van der Waals surface area (Å²) in [4.78, 5) is 28.1. The number of fused-ring (bicyclic) bond motifs is 2. The number of likely N-dealkylation sites (tertiary alicyclic amines) is 1. The summed E-state index contributed by atoms with van der Waals surface area (Å²) in [5.41, 5.74) is -0.202. The quantitative estimate of drug-likeness (QED) is 0.631. The molecule has 3 saturated heterocycles. The highest BCUT2D eigenvalue weighted by atomic mass is 19.4. The van der Waals surface area contributed by atoms with Crippen molar-refractivity contribution in [3.63, 3.8) is 0 Å². The Hall–Kier alpha value is -3.09. The van der Waals surface area contributed by atoms with Crippen LogP contribution in [0.5, 0.6) is 0 Å². The number of rotatable bonds is 5. The molecule has 0 spiro atoms. The van der Waals surface area contributed by atoms with Crippen molar-refractivity contribution in [3.05, 3.63) is 35.7 Å². The van der Waals surface area contributed by atoms with Crippen LogP contribution in [0.15, 0.2) is 24.4 Å². The van der Waals surface area contributed by atoms with Gasteiger partial charge in [0.15, 0.2) is 0 Å². The van der Waals surface area contributed by atoms with E-state index in [1.165, 1.54) is 0 Å². The number of amides is 1. The number of alkyl halides is 5. The number of nitrogens with zero attached hydrogens (tertiary/aromatic N) is 5. The van der Waals surface area contributed by atoms with Gasteiger partial charge in [0.25, 0.3) is 5.91 Å². The Morgan fingerprint density at radius 1 is 1.14 bits per heavy atom. The van der Waals surface area contributed by atoms with Gasteiger partial charge in [-0.05, 0) is 31.4 Å². The first kappa shape index (κ1) is 23.6. The second kappa shape index (κ2) is 9.17. The van der Waals surface area contributed by atoms with Gasteiger partial charge in [0.1, 0.15) is 11.6 Å². The lowest BCUT2D eigenvalue weighted by atomic mass is 9.93. The number of anilines is 3. The highest BCUT2D eigenvalue weighted by Gasteiger charge is 2.41. The molecule has 8 nitrogen and oxygen atoms in total. The summed E-state index contributed by atoms with van der Waals surface area (Å²) in [5.74, 6) is -0.605. The van der Waals surface area contributed by atoms with Crippen LogP contribution in [0.1, 0.15) is 36.4 Å². The number of ether oxygens (including phenoxy) is 1. The second-order valence-corrected chi connectivity index (χ2v) is 8.93. The molecule has 2 unspecified atom stereocenters. The van der Waals surface area contributed by atoms with Crippen LogP contribution in [0.3, 0.4) is 0 Å². The molecule has 5 heterocycles. The van der Waals surface area contributed by atoms with Crippen LogP contribution >= 0.6 is 0 Å². The van der Waals surface area contributed by atoms with Crippen molar-refractivity contribution in [2.24, 2.45) is 0 Å². The third-order valence-corrected chi connectivity index (χ3v) is 6.65. The minimum atomic E-state index is -4.51. The Labute approximate surface area is 197 Å². The molecule has 0 aromatic carbocycles. The average Bonchev–Trinajstić information content (AvgIpc) is 3.47. The van der Waals surface area contributed by atoms with Crippen molar-refractivity contribution in [1.29, 1.82) is 0 Å². The molecular weight excluding hydrogens is 475 g/mol. The lowest BCUT2D eigenvalue weighted by molar-refractivity contribution is -0.144. The van der Waals surface area contributed by atoms with Crippen LogP contribution in [0.25, 0.3) is 0 Å².